The SMILES string of the molecule is CCOCCC(=O)Nc1ccc(OC)cc1N. The third-order valence-corrected chi connectivity index (χ3v) is 2.21. The van der Waals surface area contributed by atoms with Crippen LogP contribution in [0.25, 0.3) is 0 Å². The number of hydrogen-bond acceptors (Lipinski definition) is 4. The van der Waals surface area contributed by atoms with Crippen molar-refractivity contribution in [3.8, 4) is 5.75 Å². The van der Waals surface area contributed by atoms with Crippen molar-refractivity contribution in [2.75, 3.05) is 31.4 Å². The zero-order valence-corrected chi connectivity index (χ0v) is 10.2. The van der Waals surface area contributed by atoms with Crippen LogP contribution in [-0.2, 0) is 9.53 Å². The van der Waals surface area contributed by atoms with Crippen molar-refractivity contribution in [2.24, 2.45) is 0 Å². The summed E-state index contributed by atoms with van der Waals surface area (Å²) in [5.41, 5.74) is 6.84. The van der Waals surface area contributed by atoms with E-state index in [1.807, 2.05) is 6.92 Å². The number of benzene rings is 1. The average Bonchev–Trinajstić information content (AvgIpc) is 2.32. The van der Waals surface area contributed by atoms with Crippen LogP contribution < -0.4 is 15.8 Å². The van der Waals surface area contributed by atoms with Gasteiger partial charge in [-0.2, -0.15) is 0 Å². The number of hydrogen-bond donors (Lipinski definition) is 2. The summed E-state index contributed by atoms with van der Waals surface area (Å²) in [4.78, 5) is 11.5. The average molecular weight is 238 g/mol. The largest absolute Gasteiger partial charge is 0.497 e. The number of carbonyl (C=O) groups is 1. The van der Waals surface area contributed by atoms with Gasteiger partial charge in [0.2, 0.25) is 5.91 Å². The maximum atomic E-state index is 11.5. The molecule has 0 aliphatic carbocycles. The lowest BCUT2D eigenvalue weighted by atomic mass is 10.2. The van der Waals surface area contributed by atoms with Crippen LogP contribution >= 0.6 is 0 Å². The van der Waals surface area contributed by atoms with E-state index >= 15 is 0 Å². The summed E-state index contributed by atoms with van der Waals surface area (Å²) in [6, 6.07) is 5.12. The predicted octanol–water partition coefficient (Wildman–Crippen LogP) is 1.64. The maximum absolute atomic E-state index is 11.5. The second-order valence-corrected chi connectivity index (χ2v) is 3.45. The summed E-state index contributed by atoms with van der Waals surface area (Å²) < 4.78 is 10.1. The molecule has 3 N–H and O–H groups in total. The van der Waals surface area contributed by atoms with E-state index in [1.54, 1.807) is 25.3 Å². The van der Waals surface area contributed by atoms with Gasteiger partial charge in [0.15, 0.2) is 0 Å². The highest BCUT2D eigenvalue weighted by molar-refractivity contribution is 5.94. The number of methoxy groups -OCH3 is 1. The molecule has 0 fully saturated rings. The Labute approximate surface area is 101 Å². The molecule has 0 atom stereocenters. The minimum atomic E-state index is -0.115. The second kappa shape index (κ2) is 6.75. The normalized spacial score (nSPS) is 10.0. The Morgan fingerprint density at radius 2 is 2.24 bits per heavy atom. The fourth-order valence-corrected chi connectivity index (χ4v) is 1.30. The minimum Gasteiger partial charge on any atom is -0.497 e. The first-order valence-corrected chi connectivity index (χ1v) is 5.48. The first kappa shape index (κ1) is 13.3. The van der Waals surface area contributed by atoms with Gasteiger partial charge in [0, 0.05) is 12.7 Å². The maximum Gasteiger partial charge on any atom is 0.226 e. The van der Waals surface area contributed by atoms with E-state index in [0.717, 1.165) is 0 Å². The first-order chi connectivity index (χ1) is 8.17. The van der Waals surface area contributed by atoms with Gasteiger partial charge in [-0.1, -0.05) is 0 Å². The number of anilines is 2. The van der Waals surface area contributed by atoms with E-state index in [1.165, 1.54) is 0 Å². The quantitative estimate of drug-likeness (QED) is 0.583. The van der Waals surface area contributed by atoms with Gasteiger partial charge in [0.25, 0.3) is 0 Å². The van der Waals surface area contributed by atoms with Crippen molar-refractivity contribution in [1.82, 2.24) is 0 Å². The topological polar surface area (TPSA) is 73.6 Å². The standard InChI is InChI=1S/C12H18N2O3/c1-3-17-7-6-12(15)14-11-5-4-9(16-2)8-10(11)13/h4-5,8H,3,6-7,13H2,1-2H3,(H,14,15). The van der Waals surface area contributed by atoms with Gasteiger partial charge in [0.1, 0.15) is 5.75 Å². The molecule has 1 rings (SSSR count). The van der Waals surface area contributed by atoms with Crippen LogP contribution in [0.1, 0.15) is 13.3 Å². The van der Waals surface area contributed by atoms with Crippen LogP contribution in [0.15, 0.2) is 18.2 Å². The molecule has 0 spiro atoms. The van der Waals surface area contributed by atoms with Crippen LogP contribution in [0.2, 0.25) is 0 Å². The van der Waals surface area contributed by atoms with Crippen molar-refractivity contribution in [3.63, 3.8) is 0 Å². The summed E-state index contributed by atoms with van der Waals surface area (Å²) in [6.45, 7) is 2.91. The van der Waals surface area contributed by atoms with Crippen LogP contribution in [0, 0.1) is 0 Å². The summed E-state index contributed by atoms with van der Waals surface area (Å²) in [6.07, 6.45) is 0.319. The Hall–Kier alpha value is -1.75. The number of ether oxygens (including phenoxy) is 2. The molecule has 0 saturated heterocycles. The molecule has 0 aliphatic heterocycles. The summed E-state index contributed by atoms with van der Waals surface area (Å²) in [7, 11) is 1.56. The Morgan fingerprint density at radius 1 is 1.47 bits per heavy atom. The minimum absolute atomic E-state index is 0.115. The lowest BCUT2D eigenvalue weighted by Crippen LogP contribution is -2.15. The molecular formula is C12H18N2O3. The van der Waals surface area contributed by atoms with Crippen molar-refractivity contribution in [3.05, 3.63) is 18.2 Å². The zero-order valence-electron chi connectivity index (χ0n) is 10.2. The van der Waals surface area contributed by atoms with E-state index in [-0.39, 0.29) is 5.91 Å². The number of rotatable bonds is 6. The number of carbonyl (C=O) groups excluding carboxylic acids is 1. The number of amides is 1. The molecule has 0 saturated carbocycles. The molecule has 0 heterocycles. The summed E-state index contributed by atoms with van der Waals surface area (Å²) in [5.74, 6) is 0.546. The highest BCUT2D eigenvalue weighted by atomic mass is 16.5. The highest BCUT2D eigenvalue weighted by Crippen LogP contribution is 2.23. The molecule has 0 unspecified atom stereocenters. The molecule has 17 heavy (non-hydrogen) atoms. The number of nitrogens with one attached hydrogen (secondary N) is 1. The van der Waals surface area contributed by atoms with E-state index in [2.05, 4.69) is 5.32 Å². The smallest absolute Gasteiger partial charge is 0.226 e. The van der Waals surface area contributed by atoms with Gasteiger partial charge >= 0.3 is 0 Å². The van der Waals surface area contributed by atoms with Gasteiger partial charge in [0.05, 0.1) is 31.5 Å². The van der Waals surface area contributed by atoms with Gasteiger partial charge in [-0.25, -0.2) is 0 Å². The number of nitrogens with two attached hydrogens (primary N) is 1. The summed E-state index contributed by atoms with van der Waals surface area (Å²) >= 11 is 0. The zero-order chi connectivity index (χ0) is 12.7. The molecular weight excluding hydrogens is 220 g/mol. The molecule has 5 heteroatoms. The van der Waals surface area contributed by atoms with Crippen LogP contribution in [0.4, 0.5) is 11.4 Å². The monoisotopic (exact) mass is 238 g/mol. The van der Waals surface area contributed by atoms with Crippen LogP contribution in [-0.4, -0.2) is 26.2 Å². The molecule has 0 aromatic heterocycles. The Balaban J connectivity index is 2.53. The lowest BCUT2D eigenvalue weighted by Gasteiger charge is -2.09. The predicted molar refractivity (Wildman–Crippen MR) is 67.1 cm³/mol. The van der Waals surface area contributed by atoms with E-state index < -0.39 is 0 Å². The van der Waals surface area contributed by atoms with Crippen LogP contribution in [0.3, 0.4) is 0 Å². The fraction of sp³-hybridized carbons (Fsp3) is 0.417. The Bertz CT molecular complexity index is 380. The molecule has 0 aliphatic rings. The molecule has 1 aromatic rings. The van der Waals surface area contributed by atoms with Crippen molar-refractivity contribution >= 4 is 17.3 Å². The van der Waals surface area contributed by atoms with Crippen molar-refractivity contribution < 1.29 is 14.3 Å². The highest BCUT2D eigenvalue weighted by Gasteiger charge is 2.05. The molecule has 0 bridgehead atoms. The Kier molecular flexibility index (Phi) is 5.29. The van der Waals surface area contributed by atoms with Gasteiger partial charge in [-0.15, -0.1) is 0 Å². The Morgan fingerprint density at radius 3 is 2.82 bits per heavy atom. The third-order valence-electron chi connectivity index (χ3n) is 2.21. The lowest BCUT2D eigenvalue weighted by molar-refractivity contribution is -0.117. The molecule has 1 aromatic carbocycles. The molecule has 1 amide bonds. The summed E-state index contributed by atoms with van der Waals surface area (Å²) in [5, 5.41) is 2.72. The molecule has 94 valence electrons. The van der Waals surface area contributed by atoms with E-state index in [0.29, 0.717) is 36.8 Å². The van der Waals surface area contributed by atoms with Crippen molar-refractivity contribution in [2.45, 2.75) is 13.3 Å². The second-order valence-electron chi connectivity index (χ2n) is 3.45. The van der Waals surface area contributed by atoms with Gasteiger partial charge in [-0.3, -0.25) is 4.79 Å². The number of nitrogen functional groups attached to an aromatic ring is 1. The van der Waals surface area contributed by atoms with Gasteiger partial charge < -0.3 is 20.5 Å². The van der Waals surface area contributed by atoms with E-state index in [4.69, 9.17) is 15.2 Å². The third kappa shape index (κ3) is 4.32. The molecule has 0 radical (unpaired) electrons. The van der Waals surface area contributed by atoms with E-state index in [9.17, 15) is 4.79 Å². The van der Waals surface area contributed by atoms with Crippen LogP contribution in [0.5, 0.6) is 5.75 Å². The fourth-order valence-electron chi connectivity index (χ4n) is 1.30. The van der Waals surface area contributed by atoms with Gasteiger partial charge in [-0.05, 0) is 19.1 Å². The van der Waals surface area contributed by atoms with Crippen molar-refractivity contribution in [1.29, 1.82) is 0 Å². The first-order valence-electron chi connectivity index (χ1n) is 5.48. The molecule has 5 nitrogen and oxygen atoms in total.